The lowest BCUT2D eigenvalue weighted by atomic mass is 10.1. The summed E-state index contributed by atoms with van der Waals surface area (Å²) in [5.41, 5.74) is 3.09. The lowest BCUT2D eigenvalue weighted by molar-refractivity contribution is 0.338. The second-order valence-corrected chi connectivity index (χ2v) is 8.86. The van der Waals surface area contributed by atoms with Gasteiger partial charge in [-0.25, -0.2) is 0 Å². The van der Waals surface area contributed by atoms with E-state index in [1.165, 1.54) is 18.2 Å². The van der Waals surface area contributed by atoms with E-state index in [0.29, 0.717) is 23.7 Å². The Labute approximate surface area is 197 Å². The van der Waals surface area contributed by atoms with Crippen molar-refractivity contribution in [1.82, 2.24) is 0 Å². The molecular weight excluding hydrogens is 452 g/mol. The summed E-state index contributed by atoms with van der Waals surface area (Å²) in [6.45, 7) is 4.48. The van der Waals surface area contributed by atoms with E-state index in [2.05, 4.69) is 20.5 Å². The zero-order valence-corrected chi connectivity index (χ0v) is 19.4. The molecule has 0 aliphatic heterocycles. The summed E-state index contributed by atoms with van der Waals surface area (Å²) in [5.74, 6) is 0.813. The van der Waals surface area contributed by atoms with Gasteiger partial charge in [0, 0.05) is 5.39 Å². The molecule has 4 aromatic carbocycles. The average molecular weight is 475 g/mol. The summed E-state index contributed by atoms with van der Waals surface area (Å²) >= 11 is 0. The van der Waals surface area contributed by atoms with Gasteiger partial charge in [0.1, 0.15) is 5.75 Å². The van der Waals surface area contributed by atoms with Crippen molar-refractivity contribution in [2.45, 2.75) is 18.7 Å². The molecular formula is C25H22N4O4S. The van der Waals surface area contributed by atoms with Gasteiger partial charge in [-0.3, -0.25) is 4.55 Å². The van der Waals surface area contributed by atoms with Gasteiger partial charge in [0.05, 0.1) is 34.3 Å². The number of hydrogen-bond donors (Lipinski definition) is 1. The maximum Gasteiger partial charge on any atom is 0.294 e. The van der Waals surface area contributed by atoms with Crippen LogP contribution >= 0.6 is 0 Å². The van der Waals surface area contributed by atoms with Crippen LogP contribution in [-0.4, -0.2) is 19.6 Å². The van der Waals surface area contributed by atoms with Crippen molar-refractivity contribution in [3.8, 4) is 5.75 Å². The number of nitrogens with zero attached hydrogens (tertiary/aromatic N) is 4. The van der Waals surface area contributed by atoms with E-state index in [0.717, 1.165) is 22.1 Å². The van der Waals surface area contributed by atoms with Crippen LogP contribution in [0, 0.1) is 6.92 Å². The van der Waals surface area contributed by atoms with Crippen molar-refractivity contribution in [2.75, 3.05) is 6.61 Å². The number of aryl methyl sites for hydroxylation is 1. The van der Waals surface area contributed by atoms with E-state index in [1.807, 2.05) is 62.4 Å². The topological polar surface area (TPSA) is 113 Å². The van der Waals surface area contributed by atoms with E-state index >= 15 is 0 Å². The van der Waals surface area contributed by atoms with Crippen LogP contribution in [-0.2, 0) is 10.1 Å². The quantitative estimate of drug-likeness (QED) is 0.219. The zero-order valence-electron chi connectivity index (χ0n) is 18.6. The molecule has 4 rings (SSSR count). The fourth-order valence-electron chi connectivity index (χ4n) is 3.36. The van der Waals surface area contributed by atoms with E-state index in [1.54, 1.807) is 12.1 Å². The molecule has 0 saturated heterocycles. The predicted molar refractivity (Wildman–Crippen MR) is 131 cm³/mol. The van der Waals surface area contributed by atoms with Crippen molar-refractivity contribution < 1.29 is 17.7 Å². The van der Waals surface area contributed by atoms with Crippen LogP contribution in [0.2, 0.25) is 0 Å². The highest BCUT2D eigenvalue weighted by atomic mass is 32.2. The zero-order chi connectivity index (χ0) is 24.1. The number of fused-ring (bicyclic) bond motifs is 1. The first-order valence-corrected chi connectivity index (χ1v) is 11.9. The Hall–Kier alpha value is -3.95. The summed E-state index contributed by atoms with van der Waals surface area (Å²) in [7, 11) is -4.33. The molecule has 172 valence electrons. The molecule has 0 spiro atoms. The van der Waals surface area contributed by atoms with Crippen molar-refractivity contribution >= 4 is 43.6 Å². The third kappa shape index (κ3) is 5.51. The van der Waals surface area contributed by atoms with Gasteiger partial charge in [0.25, 0.3) is 10.1 Å². The lowest BCUT2D eigenvalue weighted by Crippen LogP contribution is -1.96. The minimum Gasteiger partial charge on any atom is -0.494 e. The molecule has 0 saturated carbocycles. The Morgan fingerprint density at radius 2 is 1.53 bits per heavy atom. The summed E-state index contributed by atoms with van der Waals surface area (Å²) in [6, 6.07) is 22.5. The Bertz CT molecular complexity index is 1510. The molecule has 9 heteroatoms. The molecule has 0 bridgehead atoms. The van der Waals surface area contributed by atoms with E-state index < -0.39 is 10.1 Å². The van der Waals surface area contributed by atoms with E-state index in [9.17, 15) is 13.0 Å². The van der Waals surface area contributed by atoms with Crippen LogP contribution in [0.4, 0.5) is 22.7 Å². The van der Waals surface area contributed by atoms with Gasteiger partial charge in [0.2, 0.25) is 0 Å². The van der Waals surface area contributed by atoms with Crippen LogP contribution in [0.15, 0.2) is 104 Å². The molecule has 0 fully saturated rings. The molecule has 0 atom stereocenters. The van der Waals surface area contributed by atoms with Crippen LogP contribution < -0.4 is 4.74 Å². The molecule has 34 heavy (non-hydrogen) atoms. The Kier molecular flexibility index (Phi) is 6.76. The van der Waals surface area contributed by atoms with Crippen LogP contribution in [0.5, 0.6) is 5.75 Å². The van der Waals surface area contributed by atoms with Crippen LogP contribution in [0.1, 0.15) is 12.5 Å². The Balaban J connectivity index is 1.68. The smallest absolute Gasteiger partial charge is 0.294 e. The van der Waals surface area contributed by atoms with Gasteiger partial charge in [-0.15, -0.1) is 5.11 Å². The van der Waals surface area contributed by atoms with Gasteiger partial charge in [-0.2, -0.15) is 23.8 Å². The molecule has 0 aliphatic carbocycles. The molecule has 0 heterocycles. The Morgan fingerprint density at radius 1 is 0.794 bits per heavy atom. The summed E-state index contributed by atoms with van der Waals surface area (Å²) in [5, 5.41) is 19.0. The highest BCUT2D eigenvalue weighted by Crippen LogP contribution is 2.34. The normalized spacial score (nSPS) is 12.1. The van der Waals surface area contributed by atoms with E-state index in [4.69, 9.17) is 4.74 Å². The minimum absolute atomic E-state index is 0.248. The standard InChI is InChI=1S/C25H22N4O4S/c1-3-33-25-12-11-20(13-17(25)2)26-28-21-14-18-7-4-5-10-23(18)24(16-21)29-27-19-8-6-9-22(15-19)34(30,31)32/h4-16H,3H2,1-2H3,(H,30,31,32). The first kappa shape index (κ1) is 23.2. The second kappa shape index (κ2) is 9.90. The van der Waals surface area contributed by atoms with Gasteiger partial charge in [-0.05, 0) is 73.3 Å². The highest BCUT2D eigenvalue weighted by molar-refractivity contribution is 7.85. The molecule has 0 radical (unpaired) electrons. The summed E-state index contributed by atoms with van der Waals surface area (Å²) in [6.07, 6.45) is 0. The van der Waals surface area contributed by atoms with Crippen molar-refractivity contribution in [1.29, 1.82) is 0 Å². The third-order valence-corrected chi connectivity index (χ3v) is 5.80. The molecule has 1 N–H and O–H groups in total. The predicted octanol–water partition coefficient (Wildman–Crippen LogP) is 7.62. The number of azo groups is 2. The van der Waals surface area contributed by atoms with Crippen molar-refractivity contribution in [3.05, 3.63) is 84.4 Å². The molecule has 4 aromatic rings. The SMILES string of the molecule is CCOc1ccc(N=Nc2cc(N=Nc3cccc(S(=O)(=O)O)c3)c3ccccc3c2)cc1C. The minimum atomic E-state index is -4.33. The molecule has 0 unspecified atom stereocenters. The van der Waals surface area contributed by atoms with Crippen molar-refractivity contribution in [3.63, 3.8) is 0 Å². The first-order valence-electron chi connectivity index (χ1n) is 10.5. The number of ether oxygens (including phenoxy) is 1. The number of hydrogen-bond acceptors (Lipinski definition) is 7. The maximum atomic E-state index is 11.4. The molecule has 0 aromatic heterocycles. The Morgan fingerprint density at radius 3 is 2.29 bits per heavy atom. The molecule has 0 amide bonds. The number of benzene rings is 4. The fourth-order valence-corrected chi connectivity index (χ4v) is 3.88. The van der Waals surface area contributed by atoms with Gasteiger partial charge in [-0.1, -0.05) is 30.3 Å². The second-order valence-electron chi connectivity index (χ2n) is 7.44. The van der Waals surface area contributed by atoms with Gasteiger partial charge in [0.15, 0.2) is 0 Å². The number of rotatable bonds is 7. The third-order valence-electron chi connectivity index (χ3n) is 4.95. The lowest BCUT2D eigenvalue weighted by Gasteiger charge is -2.06. The monoisotopic (exact) mass is 474 g/mol. The largest absolute Gasteiger partial charge is 0.494 e. The summed E-state index contributed by atoms with van der Waals surface area (Å²) in [4.78, 5) is -0.248. The van der Waals surface area contributed by atoms with Crippen molar-refractivity contribution in [2.24, 2.45) is 20.5 Å². The molecule has 0 aliphatic rings. The van der Waals surface area contributed by atoms with Crippen LogP contribution in [0.25, 0.3) is 10.8 Å². The fraction of sp³-hybridized carbons (Fsp3) is 0.120. The average Bonchev–Trinajstić information content (AvgIpc) is 2.82. The summed E-state index contributed by atoms with van der Waals surface area (Å²) < 4.78 is 37.6. The molecule has 8 nitrogen and oxygen atoms in total. The highest BCUT2D eigenvalue weighted by Gasteiger charge is 2.10. The van der Waals surface area contributed by atoms with Gasteiger partial charge < -0.3 is 4.74 Å². The van der Waals surface area contributed by atoms with E-state index in [-0.39, 0.29) is 10.6 Å². The van der Waals surface area contributed by atoms with Crippen LogP contribution in [0.3, 0.4) is 0 Å². The maximum absolute atomic E-state index is 11.4. The first-order chi connectivity index (χ1) is 16.3. The van der Waals surface area contributed by atoms with Gasteiger partial charge >= 0.3 is 0 Å².